The zero-order valence-electron chi connectivity index (χ0n) is 11.7. The topological polar surface area (TPSA) is 18.5 Å². The van der Waals surface area contributed by atoms with Gasteiger partial charge in [-0.3, -0.25) is 4.90 Å². The van der Waals surface area contributed by atoms with Gasteiger partial charge in [0.2, 0.25) is 0 Å². The third kappa shape index (κ3) is 2.98. The van der Waals surface area contributed by atoms with Gasteiger partial charge in [-0.05, 0) is 37.5 Å². The van der Waals surface area contributed by atoms with Crippen LogP contribution in [-0.4, -0.2) is 44.2 Å². The molecule has 3 nitrogen and oxygen atoms in total. The largest absolute Gasteiger partial charge is 0.379 e. The van der Waals surface area contributed by atoms with Crippen molar-refractivity contribution in [1.29, 1.82) is 0 Å². The van der Waals surface area contributed by atoms with E-state index in [0.717, 1.165) is 16.8 Å². The van der Waals surface area contributed by atoms with Crippen LogP contribution in [0.15, 0.2) is 18.2 Å². The maximum Gasteiger partial charge on any atom is 0.0597 e. The van der Waals surface area contributed by atoms with Gasteiger partial charge in [-0.1, -0.05) is 11.6 Å². The van der Waals surface area contributed by atoms with E-state index in [-0.39, 0.29) is 0 Å². The van der Waals surface area contributed by atoms with Crippen LogP contribution >= 0.6 is 11.6 Å². The van der Waals surface area contributed by atoms with Gasteiger partial charge in [0.25, 0.3) is 0 Å². The van der Waals surface area contributed by atoms with E-state index in [9.17, 15) is 0 Å². The molecule has 0 bridgehead atoms. The Bertz CT molecular complexity index is 457. The van der Waals surface area contributed by atoms with Crippen LogP contribution in [0, 0.1) is 0 Å². The maximum absolute atomic E-state index is 6.13. The normalized spacial score (nSPS) is 23.6. The van der Waals surface area contributed by atoms with E-state index in [1.807, 2.05) is 12.1 Å². The van der Waals surface area contributed by atoms with Gasteiger partial charge in [-0.2, -0.15) is 0 Å². The average molecular weight is 280 g/mol. The second kappa shape index (κ2) is 5.22. The average Bonchev–Trinajstić information content (AvgIpc) is 3.10. The lowest BCUT2D eigenvalue weighted by Crippen LogP contribution is -2.28. The molecule has 1 aliphatic heterocycles. The second-order valence-electron chi connectivity index (χ2n) is 5.91. The molecule has 1 aliphatic carbocycles. The van der Waals surface area contributed by atoms with Gasteiger partial charge in [0.1, 0.15) is 0 Å². The van der Waals surface area contributed by atoms with Crippen LogP contribution in [0.25, 0.3) is 0 Å². The summed E-state index contributed by atoms with van der Waals surface area (Å²) in [4.78, 5) is 4.75. The summed E-state index contributed by atoms with van der Waals surface area (Å²) < 4.78 is 0. The number of anilines is 2. The van der Waals surface area contributed by atoms with Gasteiger partial charge in [0.05, 0.1) is 11.4 Å². The van der Waals surface area contributed by atoms with Crippen molar-refractivity contribution in [3.8, 4) is 0 Å². The SMILES string of the molecule is CN(C)c1ccc(Cl)cc1NC1CCN(C2CC2)C1. The van der Waals surface area contributed by atoms with Gasteiger partial charge in [-0.15, -0.1) is 0 Å². The molecular formula is C15H22ClN3. The summed E-state index contributed by atoms with van der Waals surface area (Å²) in [7, 11) is 4.14. The summed E-state index contributed by atoms with van der Waals surface area (Å²) in [6, 6.07) is 7.50. The Morgan fingerprint density at radius 2 is 2.05 bits per heavy atom. The van der Waals surface area contributed by atoms with Crippen LogP contribution in [0.3, 0.4) is 0 Å². The zero-order valence-corrected chi connectivity index (χ0v) is 12.5. The maximum atomic E-state index is 6.13. The number of halogens is 1. The van der Waals surface area contributed by atoms with Crippen LogP contribution in [0.4, 0.5) is 11.4 Å². The van der Waals surface area contributed by atoms with Gasteiger partial charge in [-0.25, -0.2) is 0 Å². The zero-order chi connectivity index (χ0) is 13.4. The smallest absolute Gasteiger partial charge is 0.0597 e. The van der Waals surface area contributed by atoms with E-state index in [0.29, 0.717) is 6.04 Å². The minimum absolute atomic E-state index is 0.553. The standard InChI is InChI=1S/C15H22ClN3/c1-18(2)15-6-3-11(16)9-14(15)17-12-7-8-19(10-12)13-4-5-13/h3,6,9,12-13,17H,4-5,7-8,10H2,1-2H3. The van der Waals surface area contributed by atoms with Gasteiger partial charge in [0.15, 0.2) is 0 Å². The number of hydrogen-bond acceptors (Lipinski definition) is 3. The molecule has 1 heterocycles. The molecule has 0 radical (unpaired) electrons. The predicted octanol–water partition coefficient (Wildman–Crippen LogP) is 3.05. The lowest BCUT2D eigenvalue weighted by atomic mass is 10.2. The lowest BCUT2D eigenvalue weighted by Gasteiger charge is -2.22. The summed E-state index contributed by atoms with van der Waals surface area (Å²) in [5.41, 5.74) is 2.36. The van der Waals surface area contributed by atoms with E-state index >= 15 is 0 Å². The van der Waals surface area contributed by atoms with Crippen LogP contribution in [0.1, 0.15) is 19.3 Å². The van der Waals surface area contributed by atoms with E-state index in [1.54, 1.807) is 0 Å². The first-order valence-electron chi connectivity index (χ1n) is 7.11. The van der Waals surface area contributed by atoms with Gasteiger partial charge >= 0.3 is 0 Å². The summed E-state index contributed by atoms with van der Waals surface area (Å²) in [5.74, 6) is 0. The molecule has 4 heteroatoms. The van der Waals surface area contributed by atoms with Crippen molar-refractivity contribution in [2.45, 2.75) is 31.3 Å². The molecule has 1 N–H and O–H groups in total. The van der Waals surface area contributed by atoms with Crippen LogP contribution in [-0.2, 0) is 0 Å². The van der Waals surface area contributed by atoms with Gasteiger partial charge in [0, 0.05) is 44.3 Å². The van der Waals surface area contributed by atoms with Crippen LogP contribution < -0.4 is 10.2 Å². The Morgan fingerprint density at radius 1 is 1.26 bits per heavy atom. The molecule has 1 aromatic rings. The molecule has 1 aromatic carbocycles. The van der Waals surface area contributed by atoms with Crippen molar-refractivity contribution in [3.63, 3.8) is 0 Å². The lowest BCUT2D eigenvalue weighted by molar-refractivity contribution is 0.326. The number of nitrogens with zero attached hydrogens (tertiary/aromatic N) is 2. The summed E-state index contributed by atoms with van der Waals surface area (Å²) in [6.45, 7) is 2.41. The number of hydrogen-bond donors (Lipinski definition) is 1. The molecular weight excluding hydrogens is 258 g/mol. The number of benzene rings is 1. The molecule has 0 aromatic heterocycles. The van der Waals surface area contributed by atoms with Crippen molar-refractivity contribution in [1.82, 2.24) is 4.90 Å². The minimum Gasteiger partial charge on any atom is -0.379 e. The fraction of sp³-hybridized carbons (Fsp3) is 0.600. The molecule has 19 heavy (non-hydrogen) atoms. The molecule has 3 rings (SSSR count). The molecule has 1 saturated carbocycles. The Morgan fingerprint density at radius 3 is 2.74 bits per heavy atom. The highest BCUT2D eigenvalue weighted by Gasteiger charge is 2.34. The fourth-order valence-electron chi connectivity index (χ4n) is 2.91. The first kappa shape index (κ1) is 13.1. The third-order valence-electron chi connectivity index (χ3n) is 4.08. The highest BCUT2D eigenvalue weighted by molar-refractivity contribution is 6.31. The van der Waals surface area contributed by atoms with Crippen LogP contribution in [0.2, 0.25) is 5.02 Å². The molecule has 1 atom stereocenters. The second-order valence-corrected chi connectivity index (χ2v) is 6.35. The molecule has 104 valence electrons. The molecule has 1 unspecified atom stereocenters. The van der Waals surface area contributed by atoms with E-state index in [2.05, 4.69) is 35.3 Å². The number of likely N-dealkylation sites (tertiary alicyclic amines) is 1. The first-order valence-corrected chi connectivity index (χ1v) is 7.49. The Balaban J connectivity index is 1.70. The molecule has 0 spiro atoms. The van der Waals surface area contributed by atoms with Gasteiger partial charge < -0.3 is 10.2 Å². The van der Waals surface area contributed by atoms with Crippen molar-refractivity contribution in [3.05, 3.63) is 23.2 Å². The summed E-state index contributed by atoms with van der Waals surface area (Å²) >= 11 is 6.13. The number of nitrogens with one attached hydrogen (secondary N) is 1. The van der Waals surface area contributed by atoms with E-state index in [4.69, 9.17) is 11.6 Å². The number of rotatable bonds is 4. The van der Waals surface area contributed by atoms with Crippen molar-refractivity contribution < 1.29 is 0 Å². The van der Waals surface area contributed by atoms with E-state index < -0.39 is 0 Å². The summed E-state index contributed by atoms with van der Waals surface area (Å²) in [6.07, 6.45) is 4.02. The fourth-order valence-corrected chi connectivity index (χ4v) is 3.08. The van der Waals surface area contributed by atoms with Crippen molar-refractivity contribution in [2.75, 3.05) is 37.4 Å². The highest BCUT2D eigenvalue weighted by atomic mass is 35.5. The molecule has 2 aliphatic rings. The summed E-state index contributed by atoms with van der Waals surface area (Å²) in [5, 5.41) is 4.47. The first-order chi connectivity index (χ1) is 9.13. The highest BCUT2D eigenvalue weighted by Crippen LogP contribution is 2.33. The quantitative estimate of drug-likeness (QED) is 0.914. The van der Waals surface area contributed by atoms with Crippen LogP contribution in [0.5, 0.6) is 0 Å². The Hall–Kier alpha value is -0.930. The third-order valence-corrected chi connectivity index (χ3v) is 4.32. The Labute approximate surface area is 120 Å². The minimum atomic E-state index is 0.553. The molecule has 0 amide bonds. The van der Waals surface area contributed by atoms with E-state index in [1.165, 1.54) is 38.0 Å². The molecule has 2 fully saturated rings. The Kier molecular flexibility index (Phi) is 3.59. The monoisotopic (exact) mass is 279 g/mol. The van der Waals surface area contributed by atoms with Crippen molar-refractivity contribution in [2.24, 2.45) is 0 Å². The predicted molar refractivity (Wildman–Crippen MR) is 82.4 cm³/mol. The van der Waals surface area contributed by atoms with Crippen molar-refractivity contribution >= 4 is 23.0 Å². The molecule has 1 saturated heterocycles.